The molecule has 2 N–H and O–H groups in total. The van der Waals surface area contributed by atoms with Gasteiger partial charge < -0.3 is 10.2 Å². The van der Waals surface area contributed by atoms with Gasteiger partial charge in [-0.2, -0.15) is 4.98 Å². The van der Waals surface area contributed by atoms with E-state index in [0.717, 1.165) is 18.5 Å². The van der Waals surface area contributed by atoms with E-state index in [4.69, 9.17) is 10.2 Å². The van der Waals surface area contributed by atoms with Crippen molar-refractivity contribution in [2.75, 3.05) is 5.73 Å². The number of Topliss-reactive ketones (excluding diaryl/α,β-unsaturated/α-hetero) is 1. The van der Waals surface area contributed by atoms with Crippen LogP contribution in [0.5, 0.6) is 0 Å². The normalized spacial score (nSPS) is 17.9. The van der Waals surface area contributed by atoms with E-state index in [-0.39, 0.29) is 11.8 Å². The van der Waals surface area contributed by atoms with Crippen molar-refractivity contribution in [1.82, 2.24) is 4.98 Å². The monoisotopic (exact) mass is 208 g/mol. The van der Waals surface area contributed by atoms with Crippen molar-refractivity contribution >= 4 is 11.8 Å². The smallest absolute Gasteiger partial charge is 0.292 e. The Kier molecular flexibility index (Phi) is 2.75. The largest absolute Gasteiger partial charge is 0.420 e. The quantitative estimate of drug-likeness (QED) is 0.758. The third kappa shape index (κ3) is 2.03. The average molecular weight is 208 g/mol. The maximum atomic E-state index is 11.3. The number of rotatable bonds is 2. The number of anilines is 1. The van der Waals surface area contributed by atoms with Crippen molar-refractivity contribution in [2.24, 2.45) is 0 Å². The molecule has 0 saturated heterocycles. The fourth-order valence-corrected chi connectivity index (χ4v) is 2.25. The van der Waals surface area contributed by atoms with Crippen LogP contribution < -0.4 is 5.73 Å². The van der Waals surface area contributed by atoms with Gasteiger partial charge in [-0.15, -0.1) is 0 Å². The van der Waals surface area contributed by atoms with Crippen molar-refractivity contribution < 1.29 is 9.21 Å². The fraction of sp³-hybridized carbons (Fsp3) is 0.636. The predicted octanol–water partition coefficient (Wildman–Crippen LogP) is 2.51. The van der Waals surface area contributed by atoms with E-state index in [1.807, 2.05) is 0 Å². The van der Waals surface area contributed by atoms with E-state index in [9.17, 15) is 4.79 Å². The average Bonchev–Trinajstić information content (AvgIpc) is 2.62. The summed E-state index contributed by atoms with van der Waals surface area (Å²) in [7, 11) is 0. The van der Waals surface area contributed by atoms with Crippen LogP contribution in [-0.2, 0) is 0 Å². The third-order valence-corrected chi connectivity index (χ3v) is 2.98. The van der Waals surface area contributed by atoms with E-state index >= 15 is 0 Å². The maximum Gasteiger partial charge on any atom is 0.292 e. The summed E-state index contributed by atoms with van der Waals surface area (Å²) in [5, 5.41) is 0. The Bertz CT molecular complexity index is 365. The number of carbonyl (C=O) groups is 1. The molecule has 0 radical (unpaired) electrons. The molecule has 1 fully saturated rings. The van der Waals surface area contributed by atoms with Gasteiger partial charge in [0.15, 0.2) is 11.5 Å². The molecule has 0 spiro atoms. The van der Waals surface area contributed by atoms with Crippen LogP contribution in [0.4, 0.5) is 6.01 Å². The molecule has 1 aromatic heterocycles. The van der Waals surface area contributed by atoms with Gasteiger partial charge in [-0.25, -0.2) is 0 Å². The highest BCUT2D eigenvalue weighted by Crippen LogP contribution is 2.34. The molecule has 1 heterocycles. The van der Waals surface area contributed by atoms with E-state index in [1.54, 1.807) is 0 Å². The van der Waals surface area contributed by atoms with Gasteiger partial charge in [0.05, 0.1) is 5.69 Å². The van der Waals surface area contributed by atoms with Crippen LogP contribution in [0, 0.1) is 0 Å². The minimum absolute atomic E-state index is 0.0835. The van der Waals surface area contributed by atoms with E-state index in [2.05, 4.69) is 4.98 Å². The summed E-state index contributed by atoms with van der Waals surface area (Å²) in [4.78, 5) is 15.5. The molecular formula is C11H16N2O2. The molecule has 82 valence electrons. The van der Waals surface area contributed by atoms with Crippen molar-refractivity contribution in [3.05, 3.63) is 11.5 Å². The van der Waals surface area contributed by atoms with Gasteiger partial charge in [0.1, 0.15) is 0 Å². The number of ketones is 1. The fourth-order valence-electron chi connectivity index (χ4n) is 2.25. The molecule has 0 aliphatic heterocycles. The molecule has 0 atom stereocenters. The van der Waals surface area contributed by atoms with Crippen LogP contribution in [0.25, 0.3) is 0 Å². The molecule has 1 saturated carbocycles. The number of aromatic nitrogens is 1. The van der Waals surface area contributed by atoms with Gasteiger partial charge in [0.25, 0.3) is 6.01 Å². The van der Waals surface area contributed by atoms with E-state index in [0.29, 0.717) is 11.7 Å². The first-order chi connectivity index (χ1) is 7.18. The Morgan fingerprint density at radius 2 is 2.07 bits per heavy atom. The maximum absolute atomic E-state index is 11.3. The second kappa shape index (κ2) is 4.04. The Balaban J connectivity index is 2.28. The first kappa shape index (κ1) is 10.2. The number of carbonyl (C=O) groups excluding carboxylic acids is 1. The summed E-state index contributed by atoms with van der Waals surface area (Å²) < 4.78 is 5.15. The predicted molar refractivity (Wildman–Crippen MR) is 56.7 cm³/mol. The molecule has 1 aromatic rings. The molecule has 0 unspecified atom stereocenters. The molecule has 15 heavy (non-hydrogen) atoms. The van der Waals surface area contributed by atoms with Gasteiger partial charge in [0.2, 0.25) is 0 Å². The number of oxazole rings is 1. The zero-order valence-electron chi connectivity index (χ0n) is 8.95. The Hall–Kier alpha value is -1.32. The lowest BCUT2D eigenvalue weighted by atomic mass is 9.86. The summed E-state index contributed by atoms with van der Waals surface area (Å²) in [5.41, 5.74) is 6.27. The third-order valence-electron chi connectivity index (χ3n) is 2.98. The van der Waals surface area contributed by atoms with Crippen LogP contribution in [0.1, 0.15) is 61.2 Å². The standard InChI is InChI=1S/C11H16N2O2/c1-7(14)10-9(13-11(12)15-10)8-5-3-2-4-6-8/h8H,2-6H2,1H3,(H2,12,13). The topological polar surface area (TPSA) is 69.1 Å². The number of hydrogen-bond donors (Lipinski definition) is 1. The van der Waals surface area contributed by atoms with Crippen LogP contribution in [-0.4, -0.2) is 10.8 Å². The number of nitrogen functional groups attached to an aromatic ring is 1. The van der Waals surface area contributed by atoms with Crippen LogP contribution in [0.15, 0.2) is 4.42 Å². The lowest BCUT2D eigenvalue weighted by molar-refractivity contribution is 0.0986. The zero-order valence-corrected chi connectivity index (χ0v) is 8.95. The highest BCUT2D eigenvalue weighted by molar-refractivity contribution is 5.92. The SMILES string of the molecule is CC(=O)c1oc(N)nc1C1CCCCC1. The van der Waals surface area contributed by atoms with E-state index in [1.165, 1.54) is 26.2 Å². The van der Waals surface area contributed by atoms with Crippen molar-refractivity contribution in [3.8, 4) is 0 Å². The van der Waals surface area contributed by atoms with Crippen molar-refractivity contribution in [2.45, 2.75) is 44.9 Å². The number of nitrogens with zero attached hydrogens (tertiary/aromatic N) is 1. The molecule has 1 aliphatic carbocycles. The summed E-state index contributed by atoms with van der Waals surface area (Å²) >= 11 is 0. The zero-order chi connectivity index (χ0) is 10.8. The number of hydrogen-bond acceptors (Lipinski definition) is 4. The van der Waals surface area contributed by atoms with Gasteiger partial charge in [-0.1, -0.05) is 19.3 Å². The minimum Gasteiger partial charge on any atom is -0.420 e. The summed E-state index contributed by atoms with van der Waals surface area (Å²) in [6.07, 6.45) is 5.86. The van der Waals surface area contributed by atoms with Crippen molar-refractivity contribution in [1.29, 1.82) is 0 Å². The van der Waals surface area contributed by atoms with Gasteiger partial charge >= 0.3 is 0 Å². The number of nitrogens with two attached hydrogens (primary N) is 1. The second-order valence-electron chi connectivity index (χ2n) is 4.16. The Labute approximate surface area is 88.9 Å². The minimum atomic E-state index is -0.0835. The lowest BCUT2D eigenvalue weighted by Gasteiger charge is -2.19. The van der Waals surface area contributed by atoms with Gasteiger partial charge in [-0.3, -0.25) is 4.79 Å². The van der Waals surface area contributed by atoms with Crippen molar-refractivity contribution in [3.63, 3.8) is 0 Å². The molecule has 4 nitrogen and oxygen atoms in total. The highest BCUT2D eigenvalue weighted by atomic mass is 16.4. The summed E-state index contributed by atoms with van der Waals surface area (Å²) in [6, 6.07) is 0.112. The van der Waals surface area contributed by atoms with Gasteiger partial charge in [-0.05, 0) is 12.8 Å². The molecule has 0 aromatic carbocycles. The highest BCUT2D eigenvalue weighted by Gasteiger charge is 2.25. The molecule has 2 rings (SSSR count). The first-order valence-electron chi connectivity index (χ1n) is 5.45. The lowest BCUT2D eigenvalue weighted by Crippen LogP contribution is -2.08. The Morgan fingerprint density at radius 1 is 1.40 bits per heavy atom. The summed E-state index contributed by atoms with van der Waals surface area (Å²) in [5.74, 6) is 0.637. The molecule has 4 heteroatoms. The summed E-state index contributed by atoms with van der Waals surface area (Å²) in [6.45, 7) is 1.49. The van der Waals surface area contributed by atoms with Crippen LogP contribution in [0.3, 0.4) is 0 Å². The molecular weight excluding hydrogens is 192 g/mol. The van der Waals surface area contributed by atoms with Crippen LogP contribution in [0.2, 0.25) is 0 Å². The van der Waals surface area contributed by atoms with E-state index < -0.39 is 0 Å². The first-order valence-corrected chi connectivity index (χ1v) is 5.45. The molecule has 0 amide bonds. The Morgan fingerprint density at radius 3 is 2.67 bits per heavy atom. The molecule has 0 bridgehead atoms. The van der Waals surface area contributed by atoms with Gasteiger partial charge in [0, 0.05) is 12.8 Å². The molecule has 1 aliphatic rings. The second-order valence-corrected chi connectivity index (χ2v) is 4.16. The van der Waals surface area contributed by atoms with Crippen LogP contribution >= 0.6 is 0 Å².